The zero-order valence-electron chi connectivity index (χ0n) is 9.90. The molecular weight excluding hydrogens is 267 g/mol. The number of aliphatic carboxylic acids is 1. The summed E-state index contributed by atoms with van der Waals surface area (Å²) >= 11 is 0. The van der Waals surface area contributed by atoms with Crippen molar-refractivity contribution in [2.24, 2.45) is 5.73 Å². The van der Waals surface area contributed by atoms with E-state index in [4.69, 9.17) is 15.6 Å². The Hall–Kier alpha value is -1.96. The summed E-state index contributed by atoms with van der Waals surface area (Å²) in [4.78, 5) is 10.6. The van der Waals surface area contributed by atoms with Gasteiger partial charge in [-0.15, -0.1) is 13.2 Å². The molecule has 0 aliphatic rings. The lowest BCUT2D eigenvalue weighted by molar-refractivity contribution is -0.275. The number of ether oxygens (including phenoxy) is 2. The second-order valence-electron chi connectivity index (χ2n) is 3.68. The van der Waals surface area contributed by atoms with Crippen LogP contribution in [0.15, 0.2) is 18.2 Å². The largest absolute Gasteiger partial charge is 0.573 e. The van der Waals surface area contributed by atoms with Gasteiger partial charge in [0.1, 0.15) is 6.04 Å². The number of carboxylic acids is 1. The minimum atomic E-state index is -4.86. The van der Waals surface area contributed by atoms with Gasteiger partial charge in [-0.2, -0.15) is 0 Å². The van der Waals surface area contributed by atoms with E-state index in [0.29, 0.717) is 5.56 Å². The Morgan fingerprint density at radius 3 is 2.53 bits per heavy atom. The maximum absolute atomic E-state index is 12.2. The van der Waals surface area contributed by atoms with Crippen molar-refractivity contribution in [2.75, 3.05) is 7.11 Å². The Morgan fingerprint density at radius 2 is 2.05 bits per heavy atom. The molecule has 3 N–H and O–H groups in total. The number of halogens is 3. The molecule has 106 valence electrons. The highest BCUT2D eigenvalue weighted by molar-refractivity contribution is 5.73. The van der Waals surface area contributed by atoms with Crippen molar-refractivity contribution >= 4 is 5.97 Å². The van der Waals surface area contributed by atoms with Crippen LogP contribution in [-0.4, -0.2) is 30.6 Å². The third-order valence-electron chi connectivity index (χ3n) is 2.23. The standard InChI is InChI=1S/C11H12F3NO4/c1-18-8-3-2-6(4-7(15)10(16)17)5-9(8)19-11(12,13)14/h2-3,5,7H,4,15H2,1H3,(H,16,17)/t7-/m0/s1. The first-order valence-corrected chi connectivity index (χ1v) is 5.14. The van der Waals surface area contributed by atoms with E-state index >= 15 is 0 Å². The summed E-state index contributed by atoms with van der Waals surface area (Å²) in [5, 5.41) is 8.64. The van der Waals surface area contributed by atoms with E-state index in [-0.39, 0.29) is 12.2 Å². The maximum atomic E-state index is 12.2. The molecule has 0 aliphatic heterocycles. The maximum Gasteiger partial charge on any atom is 0.573 e. The molecule has 0 aliphatic carbocycles. The van der Waals surface area contributed by atoms with Crippen LogP contribution >= 0.6 is 0 Å². The number of methoxy groups -OCH3 is 1. The van der Waals surface area contributed by atoms with Crippen LogP contribution in [-0.2, 0) is 11.2 Å². The molecule has 0 amide bonds. The predicted molar refractivity (Wildman–Crippen MR) is 59.0 cm³/mol. The third kappa shape index (κ3) is 4.66. The zero-order valence-corrected chi connectivity index (χ0v) is 9.90. The fourth-order valence-corrected chi connectivity index (χ4v) is 1.39. The van der Waals surface area contributed by atoms with Crippen molar-refractivity contribution in [3.63, 3.8) is 0 Å². The van der Waals surface area contributed by atoms with E-state index in [1.54, 1.807) is 0 Å². The summed E-state index contributed by atoms with van der Waals surface area (Å²) in [6, 6.07) is 2.53. The minimum Gasteiger partial charge on any atom is -0.493 e. The number of carbonyl (C=O) groups is 1. The molecule has 5 nitrogen and oxygen atoms in total. The van der Waals surface area contributed by atoms with Crippen LogP contribution in [0.4, 0.5) is 13.2 Å². The number of benzene rings is 1. The molecule has 0 spiro atoms. The first-order valence-electron chi connectivity index (χ1n) is 5.14. The highest BCUT2D eigenvalue weighted by Gasteiger charge is 2.32. The minimum absolute atomic E-state index is 0.107. The van der Waals surface area contributed by atoms with Gasteiger partial charge in [0.2, 0.25) is 0 Å². The molecule has 0 heterocycles. The van der Waals surface area contributed by atoms with Crippen LogP contribution in [0.3, 0.4) is 0 Å². The molecule has 0 saturated carbocycles. The topological polar surface area (TPSA) is 81.8 Å². The summed E-state index contributed by atoms with van der Waals surface area (Å²) in [5.41, 5.74) is 5.60. The van der Waals surface area contributed by atoms with E-state index in [1.807, 2.05) is 0 Å². The third-order valence-corrected chi connectivity index (χ3v) is 2.23. The predicted octanol–water partition coefficient (Wildman–Crippen LogP) is 1.55. The van der Waals surface area contributed by atoms with Gasteiger partial charge in [0.15, 0.2) is 11.5 Å². The molecule has 0 radical (unpaired) electrons. The summed E-state index contributed by atoms with van der Waals surface area (Å²) in [6.07, 6.45) is -4.98. The van der Waals surface area contributed by atoms with Gasteiger partial charge < -0.3 is 20.3 Å². The lowest BCUT2D eigenvalue weighted by atomic mass is 10.1. The van der Waals surface area contributed by atoms with Crippen LogP contribution < -0.4 is 15.2 Å². The molecule has 0 aromatic heterocycles. The molecule has 1 atom stereocenters. The lowest BCUT2D eigenvalue weighted by Gasteiger charge is -2.14. The number of nitrogens with two attached hydrogens (primary N) is 1. The first kappa shape index (κ1) is 15.1. The van der Waals surface area contributed by atoms with Crippen LogP contribution in [0.5, 0.6) is 11.5 Å². The van der Waals surface area contributed by atoms with E-state index in [0.717, 1.165) is 6.07 Å². The highest BCUT2D eigenvalue weighted by atomic mass is 19.4. The molecule has 1 rings (SSSR count). The summed E-state index contributed by atoms with van der Waals surface area (Å²) in [5.74, 6) is -1.89. The van der Waals surface area contributed by atoms with Gasteiger partial charge in [-0.05, 0) is 24.1 Å². The van der Waals surface area contributed by atoms with E-state index in [1.165, 1.54) is 19.2 Å². The van der Waals surface area contributed by atoms with Crippen LogP contribution in [0.1, 0.15) is 5.56 Å². The van der Waals surface area contributed by atoms with Crippen molar-refractivity contribution in [1.29, 1.82) is 0 Å². The molecule has 0 saturated heterocycles. The average Bonchev–Trinajstić information content (AvgIpc) is 2.27. The van der Waals surface area contributed by atoms with Crippen LogP contribution in [0.2, 0.25) is 0 Å². The van der Waals surface area contributed by atoms with Gasteiger partial charge in [0.25, 0.3) is 0 Å². The number of alkyl halides is 3. The Bertz CT molecular complexity index is 462. The zero-order chi connectivity index (χ0) is 14.6. The van der Waals surface area contributed by atoms with Crippen molar-refractivity contribution in [3.05, 3.63) is 23.8 Å². The molecular formula is C11H12F3NO4. The average molecular weight is 279 g/mol. The second kappa shape index (κ2) is 5.79. The Morgan fingerprint density at radius 1 is 1.42 bits per heavy atom. The van der Waals surface area contributed by atoms with Gasteiger partial charge >= 0.3 is 12.3 Å². The molecule has 0 fully saturated rings. The number of carboxylic acid groups (broad SMARTS) is 1. The summed E-state index contributed by atoms with van der Waals surface area (Å²) in [6.45, 7) is 0. The number of rotatable bonds is 5. The fourth-order valence-electron chi connectivity index (χ4n) is 1.39. The van der Waals surface area contributed by atoms with E-state index in [2.05, 4.69) is 4.74 Å². The summed E-state index contributed by atoms with van der Waals surface area (Å²) in [7, 11) is 1.20. The normalized spacial score (nSPS) is 12.9. The van der Waals surface area contributed by atoms with Gasteiger partial charge in [0.05, 0.1) is 7.11 Å². The first-order chi connectivity index (χ1) is 8.73. The van der Waals surface area contributed by atoms with Crippen LogP contribution in [0, 0.1) is 0 Å². The smallest absolute Gasteiger partial charge is 0.493 e. The van der Waals surface area contributed by atoms with E-state index < -0.39 is 24.1 Å². The van der Waals surface area contributed by atoms with Gasteiger partial charge in [0, 0.05) is 0 Å². The lowest BCUT2D eigenvalue weighted by Crippen LogP contribution is -2.32. The number of hydrogen-bond donors (Lipinski definition) is 2. The molecule has 1 aromatic carbocycles. The molecule has 1 aromatic rings. The SMILES string of the molecule is COc1ccc(C[C@H](N)C(=O)O)cc1OC(F)(F)F. The van der Waals surface area contributed by atoms with Gasteiger partial charge in [-0.1, -0.05) is 6.07 Å². The van der Waals surface area contributed by atoms with Crippen molar-refractivity contribution < 1.29 is 32.5 Å². The number of hydrogen-bond acceptors (Lipinski definition) is 4. The molecule has 0 unspecified atom stereocenters. The summed E-state index contributed by atoms with van der Waals surface area (Å²) < 4.78 is 45.1. The molecule has 19 heavy (non-hydrogen) atoms. The van der Waals surface area contributed by atoms with Crippen molar-refractivity contribution in [2.45, 2.75) is 18.8 Å². The van der Waals surface area contributed by atoms with E-state index in [9.17, 15) is 18.0 Å². The quantitative estimate of drug-likeness (QED) is 0.854. The monoisotopic (exact) mass is 279 g/mol. The van der Waals surface area contributed by atoms with Crippen LogP contribution in [0.25, 0.3) is 0 Å². The Kier molecular flexibility index (Phi) is 4.60. The van der Waals surface area contributed by atoms with Gasteiger partial charge in [-0.3, -0.25) is 4.79 Å². The molecule has 0 bridgehead atoms. The second-order valence-corrected chi connectivity index (χ2v) is 3.68. The van der Waals surface area contributed by atoms with Gasteiger partial charge in [-0.25, -0.2) is 0 Å². The van der Waals surface area contributed by atoms with Crippen molar-refractivity contribution in [1.82, 2.24) is 0 Å². The Labute approximate surface area is 106 Å². The highest BCUT2D eigenvalue weighted by Crippen LogP contribution is 2.33. The molecule has 8 heteroatoms. The van der Waals surface area contributed by atoms with Crippen molar-refractivity contribution in [3.8, 4) is 11.5 Å². The Balaban J connectivity index is 2.98. The fraction of sp³-hybridized carbons (Fsp3) is 0.364.